The van der Waals surface area contributed by atoms with Crippen molar-refractivity contribution in [1.82, 2.24) is 15.1 Å². The van der Waals surface area contributed by atoms with Crippen molar-refractivity contribution in [2.24, 2.45) is 0 Å². The predicted octanol–water partition coefficient (Wildman–Crippen LogP) is 3.77. The minimum absolute atomic E-state index is 0.00725. The molecule has 1 atom stereocenters. The lowest BCUT2D eigenvalue weighted by Gasteiger charge is -2.45. The van der Waals surface area contributed by atoms with E-state index in [4.69, 9.17) is 0 Å². The Bertz CT molecular complexity index is 1160. The molecular weight excluding hydrogens is 492 g/mol. The molecule has 1 saturated heterocycles. The Morgan fingerprint density at radius 1 is 0.889 bits per heavy atom. The fraction of sp³-hybridized carbons (Fsp3) is 0.375. The van der Waals surface area contributed by atoms with Crippen molar-refractivity contribution in [3.63, 3.8) is 0 Å². The number of hydrogen-bond acceptors (Lipinski definition) is 3. The van der Waals surface area contributed by atoms with Crippen molar-refractivity contribution < 1.29 is 40.7 Å². The molecule has 2 aromatic carbocycles. The molecule has 2 heterocycles. The van der Waals surface area contributed by atoms with Crippen molar-refractivity contribution in [3.05, 3.63) is 70.8 Å². The molecular formula is C24H21F6N3O3. The van der Waals surface area contributed by atoms with Crippen LogP contribution in [0.4, 0.5) is 26.3 Å². The monoisotopic (exact) mass is 513 g/mol. The maximum absolute atomic E-state index is 13.2. The summed E-state index contributed by atoms with van der Waals surface area (Å²) in [6.07, 6.45) is -11.6. The summed E-state index contributed by atoms with van der Waals surface area (Å²) in [4.78, 5) is 40.3. The zero-order valence-electron chi connectivity index (χ0n) is 18.7. The van der Waals surface area contributed by atoms with Gasteiger partial charge < -0.3 is 15.1 Å². The Morgan fingerprint density at radius 2 is 1.50 bits per heavy atom. The maximum Gasteiger partial charge on any atom is 0.397 e. The van der Waals surface area contributed by atoms with E-state index in [9.17, 15) is 40.7 Å². The molecule has 3 amide bonds. The molecule has 2 aliphatic rings. The lowest BCUT2D eigenvalue weighted by Crippen LogP contribution is -2.63. The van der Waals surface area contributed by atoms with Gasteiger partial charge >= 0.3 is 12.4 Å². The van der Waals surface area contributed by atoms with Gasteiger partial charge in [-0.3, -0.25) is 14.4 Å². The number of hydrogen-bond donors (Lipinski definition) is 1. The van der Waals surface area contributed by atoms with Gasteiger partial charge in [-0.2, -0.15) is 26.3 Å². The van der Waals surface area contributed by atoms with E-state index in [1.807, 2.05) is 0 Å². The molecule has 0 spiro atoms. The number of halogens is 6. The highest BCUT2D eigenvalue weighted by Crippen LogP contribution is 2.38. The lowest BCUT2D eigenvalue weighted by atomic mass is 10.0. The molecule has 36 heavy (non-hydrogen) atoms. The normalized spacial score (nSPS) is 18.2. The predicted molar refractivity (Wildman–Crippen MR) is 114 cm³/mol. The number of carbonyl (C=O) groups is 3. The second-order valence-electron chi connectivity index (χ2n) is 8.77. The summed E-state index contributed by atoms with van der Waals surface area (Å²) >= 11 is 0. The third kappa shape index (κ3) is 5.63. The van der Waals surface area contributed by atoms with Crippen molar-refractivity contribution in [3.8, 4) is 0 Å². The molecule has 0 radical (unpaired) electrons. The average Bonchev–Trinajstić information content (AvgIpc) is 3.02. The van der Waals surface area contributed by atoms with Gasteiger partial charge in [0.15, 0.2) is 0 Å². The van der Waals surface area contributed by atoms with Crippen LogP contribution in [-0.2, 0) is 22.6 Å². The fourth-order valence-electron chi connectivity index (χ4n) is 4.39. The zero-order chi connectivity index (χ0) is 26.3. The van der Waals surface area contributed by atoms with Crippen LogP contribution in [0.25, 0.3) is 0 Å². The van der Waals surface area contributed by atoms with E-state index in [1.54, 1.807) is 24.3 Å². The Balaban J connectivity index is 1.44. The highest BCUT2D eigenvalue weighted by atomic mass is 19.4. The topological polar surface area (TPSA) is 69.7 Å². The van der Waals surface area contributed by atoms with Crippen LogP contribution in [0.15, 0.2) is 48.5 Å². The van der Waals surface area contributed by atoms with Gasteiger partial charge in [0, 0.05) is 25.2 Å². The van der Waals surface area contributed by atoms with Crippen molar-refractivity contribution in [1.29, 1.82) is 0 Å². The van der Waals surface area contributed by atoms with Gasteiger partial charge in [0.05, 0.1) is 12.5 Å². The van der Waals surface area contributed by atoms with E-state index in [1.165, 1.54) is 29.2 Å². The molecule has 0 bridgehead atoms. The number of nitrogens with one attached hydrogen (secondary N) is 1. The molecule has 4 rings (SSSR count). The summed E-state index contributed by atoms with van der Waals surface area (Å²) in [7, 11) is 0. The number of benzene rings is 2. The van der Waals surface area contributed by atoms with Crippen LogP contribution in [0, 0.1) is 0 Å². The summed E-state index contributed by atoms with van der Waals surface area (Å²) in [5.74, 6) is -2.11. The van der Waals surface area contributed by atoms with Gasteiger partial charge in [0.1, 0.15) is 12.5 Å². The molecule has 12 heteroatoms. The Labute approximate surface area is 201 Å². The molecule has 2 aliphatic heterocycles. The summed E-state index contributed by atoms with van der Waals surface area (Å²) < 4.78 is 75.2. The van der Waals surface area contributed by atoms with Crippen LogP contribution in [0.1, 0.15) is 39.5 Å². The van der Waals surface area contributed by atoms with Crippen LogP contribution >= 0.6 is 0 Å². The highest BCUT2D eigenvalue weighted by molar-refractivity contribution is 6.05. The first-order valence-electron chi connectivity index (χ1n) is 11.0. The van der Waals surface area contributed by atoms with E-state index in [0.29, 0.717) is 11.1 Å². The SMILES string of the molecule is O=C(NCc1ccc(CC(F)(F)F)cc1)C1c2ccccc2C(=O)N1C1CN(C(=O)CC(F)(F)F)C1. The Kier molecular flexibility index (Phi) is 6.72. The van der Waals surface area contributed by atoms with Gasteiger partial charge in [0.25, 0.3) is 5.91 Å². The van der Waals surface area contributed by atoms with Crippen molar-refractivity contribution in [2.45, 2.75) is 43.8 Å². The molecule has 1 fully saturated rings. The van der Waals surface area contributed by atoms with Crippen LogP contribution in [0.5, 0.6) is 0 Å². The van der Waals surface area contributed by atoms with Gasteiger partial charge in [-0.15, -0.1) is 0 Å². The van der Waals surface area contributed by atoms with Crippen LogP contribution in [0.3, 0.4) is 0 Å². The quantitative estimate of drug-likeness (QED) is 0.599. The summed E-state index contributed by atoms with van der Waals surface area (Å²) in [6, 6.07) is 10.3. The maximum atomic E-state index is 13.2. The summed E-state index contributed by atoms with van der Waals surface area (Å²) in [5.41, 5.74) is 1.34. The third-order valence-corrected chi connectivity index (χ3v) is 6.10. The molecule has 0 aliphatic carbocycles. The standard InChI is InChI=1S/C24H21F6N3O3/c25-23(26,27)9-14-5-7-15(8-6-14)11-31-21(35)20-17-3-1-2-4-18(17)22(36)33(20)16-12-32(13-16)19(34)10-24(28,29)30/h1-8,16,20H,9-13H2,(H,31,35). The average molecular weight is 513 g/mol. The third-order valence-electron chi connectivity index (χ3n) is 6.10. The number of amides is 3. The van der Waals surface area contributed by atoms with Crippen LogP contribution < -0.4 is 5.32 Å². The summed E-state index contributed by atoms with van der Waals surface area (Å²) in [5, 5.41) is 2.68. The van der Waals surface area contributed by atoms with Gasteiger partial charge in [-0.05, 0) is 22.8 Å². The number of nitrogens with zero attached hydrogens (tertiary/aromatic N) is 2. The molecule has 1 N–H and O–H groups in total. The van der Waals surface area contributed by atoms with E-state index in [0.717, 1.165) is 4.90 Å². The van der Waals surface area contributed by atoms with E-state index in [2.05, 4.69) is 5.32 Å². The molecule has 0 saturated carbocycles. The lowest BCUT2D eigenvalue weighted by molar-refractivity contribution is -0.166. The zero-order valence-corrected chi connectivity index (χ0v) is 18.7. The second-order valence-corrected chi connectivity index (χ2v) is 8.77. The Morgan fingerprint density at radius 3 is 2.11 bits per heavy atom. The molecule has 192 valence electrons. The van der Waals surface area contributed by atoms with E-state index >= 15 is 0 Å². The highest BCUT2D eigenvalue weighted by Gasteiger charge is 2.49. The van der Waals surface area contributed by atoms with E-state index in [-0.39, 0.29) is 30.8 Å². The minimum Gasteiger partial charge on any atom is -0.350 e. The number of alkyl halides is 6. The Hall–Kier alpha value is -3.57. The van der Waals surface area contributed by atoms with Crippen molar-refractivity contribution in [2.75, 3.05) is 13.1 Å². The van der Waals surface area contributed by atoms with Crippen molar-refractivity contribution >= 4 is 17.7 Å². The number of rotatable bonds is 6. The van der Waals surface area contributed by atoms with E-state index < -0.39 is 55.0 Å². The smallest absolute Gasteiger partial charge is 0.350 e. The molecule has 0 aromatic heterocycles. The van der Waals surface area contributed by atoms with Gasteiger partial charge in [-0.25, -0.2) is 0 Å². The minimum atomic E-state index is -4.64. The van der Waals surface area contributed by atoms with Gasteiger partial charge in [0.2, 0.25) is 11.8 Å². The fourth-order valence-corrected chi connectivity index (χ4v) is 4.39. The molecule has 6 nitrogen and oxygen atoms in total. The number of likely N-dealkylation sites (tertiary alicyclic amines) is 1. The number of carbonyl (C=O) groups excluding carboxylic acids is 3. The first-order chi connectivity index (χ1) is 16.8. The molecule has 2 aromatic rings. The first-order valence-corrected chi connectivity index (χ1v) is 11.0. The summed E-state index contributed by atoms with van der Waals surface area (Å²) in [6.45, 7) is -0.259. The molecule has 1 unspecified atom stereocenters. The second kappa shape index (κ2) is 9.47. The van der Waals surface area contributed by atoms with Crippen LogP contribution in [0.2, 0.25) is 0 Å². The first kappa shape index (κ1) is 25.5. The largest absolute Gasteiger partial charge is 0.397 e. The van der Waals surface area contributed by atoms with Crippen LogP contribution in [-0.4, -0.2) is 59.0 Å². The number of fused-ring (bicyclic) bond motifs is 1. The van der Waals surface area contributed by atoms with Gasteiger partial charge in [-0.1, -0.05) is 42.5 Å².